The number of aliphatic hydroxyl groups excluding tert-OH is 1. The van der Waals surface area contributed by atoms with Crippen LogP contribution in [0.1, 0.15) is 96.9 Å². The highest BCUT2D eigenvalue weighted by Crippen LogP contribution is 2.24. The van der Waals surface area contributed by atoms with E-state index in [0.717, 1.165) is 55.0 Å². The van der Waals surface area contributed by atoms with Gasteiger partial charge in [-0.3, -0.25) is 9.59 Å². The molecule has 1 fully saturated rings. The summed E-state index contributed by atoms with van der Waals surface area (Å²) in [7, 11) is 0. The molecule has 2 N–H and O–H groups in total. The van der Waals surface area contributed by atoms with Crippen LogP contribution in [-0.4, -0.2) is 69.7 Å². The highest BCUT2D eigenvalue weighted by molar-refractivity contribution is 6.00. The highest BCUT2D eigenvalue weighted by Gasteiger charge is 2.31. The Morgan fingerprint density at radius 2 is 1.65 bits per heavy atom. The first-order valence-corrected chi connectivity index (χ1v) is 17.1. The zero-order chi connectivity index (χ0) is 35.9. The van der Waals surface area contributed by atoms with Gasteiger partial charge >= 0.3 is 6.09 Å². The van der Waals surface area contributed by atoms with Crippen LogP contribution in [0.4, 0.5) is 13.6 Å². The summed E-state index contributed by atoms with van der Waals surface area (Å²) in [5.74, 6) is -2.31. The number of carbonyl (C=O) groups is 3. The average Bonchev–Trinajstić information content (AvgIpc) is 3.51. The minimum absolute atomic E-state index is 0.119. The summed E-state index contributed by atoms with van der Waals surface area (Å²) >= 11 is 0. The Morgan fingerprint density at radius 1 is 0.980 bits per heavy atom. The second kappa shape index (κ2) is 16.4. The molecule has 0 unspecified atom stereocenters. The molecule has 0 aromatic heterocycles. The third-order valence-electron chi connectivity index (χ3n) is 8.69. The van der Waals surface area contributed by atoms with Crippen molar-refractivity contribution in [3.8, 4) is 0 Å². The molecule has 0 aliphatic carbocycles. The van der Waals surface area contributed by atoms with E-state index in [4.69, 9.17) is 4.74 Å². The van der Waals surface area contributed by atoms with Crippen LogP contribution in [0.2, 0.25) is 0 Å². The van der Waals surface area contributed by atoms with Crippen molar-refractivity contribution in [2.75, 3.05) is 13.1 Å². The molecule has 0 spiro atoms. The van der Waals surface area contributed by atoms with Gasteiger partial charge in [-0.15, -0.1) is 0 Å². The maximum Gasteiger partial charge on any atom is 0.410 e. The lowest BCUT2D eigenvalue weighted by Crippen LogP contribution is -2.51. The number of benzene rings is 3. The van der Waals surface area contributed by atoms with E-state index in [-0.39, 0.29) is 42.6 Å². The summed E-state index contributed by atoms with van der Waals surface area (Å²) in [5.41, 5.74) is 2.60. The quantitative estimate of drug-likeness (QED) is 0.215. The van der Waals surface area contributed by atoms with Crippen molar-refractivity contribution in [2.45, 2.75) is 104 Å². The van der Waals surface area contributed by atoms with Crippen molar-refractivity contribution in [1.29, 1.82) is 0 Å². The van der Waals surface area contributed by atoms with Gasteiger partial charge in [-0.25, -0.2) is 13.6 Å². The van der Waals surface area contributed by atoms with Gasteiger partial charge in [-0.1, -0.05) is 38.1 Å². The Hall–Kier alpha value is -4.31. The number of halogens is 2. The predicted octanol–water partition coefficient (Wildman–Crippen LogP) is 6.99. The van der Waals surface area contributed by atoms with Crippen LogP contribution in [0, 0.1) is 18.6 Å². The molecular formula is C39H49F2N3O5. The number of nitrogens with one attached hydrogen (secondary N) is 1. The molecule has 3 atom stereocenters. The largest absolute Gasteiger partial charge is 0.444 e. The third-order valence-corrected chi connectivity index (χ3v) is 8.69. The molecule has 3 aromatic carbocycles. The SMILES string of the molecule is CCc1cccc(CN(C[C@@H](O)[C@H](Cc2cc(F)cc(F)c2)NC(=O)c2cc(C)cc(C(=O)N3CCC[C@@H]3CC)c2)C(=O)OC(C)(C)C)c1. The number of nitrogens with zero attached hydrogens (tertiary/aromatic N) is 2. The number of hydrogen-bond acceptors (Lipinski definition) is 5. The van der Waals surface area contributed by atoms with Crippen LogP contribution in [0.5, 0.6) is 0 Å². The van der Waals surface area contributed by atoms with E-state index in [2.05, 4.69) is 5.32 Å². The molecule has 3 amide bonds. The fourth-order valence-corrected chi connectivity index (χ4v) is 6.30. The Labute approximate surface area is 288 Å². The lowest BCUT2D eigenvalue weighted by Gasteiger charge is -2.32. The zero-order valence-electron chi connectivity index (χ0n) is 29.4. The minimum Gasteiger partial charge on any atom is -0.444 e. The van der Waals surface area contributed by atoms with Crippen LogP contribution < -0.4 is 5.32 Å². The second-order valence-electron chi connectivity index (χ2n) is 14.0. The molecule has 3 aromatic rings. The lowest BCUT2D eigenvalue weighted by atomic mass is 9.98. The first-order valence-electron chi connectivity index (χ1n) is 17.1. The normalized spacial score (nSPS) is 15.9. The number of ether oxygens (including phenoxy) is 1. The van der Waals surface area contributed by atoms with Gasteiger partial charge in [0.15, 0.2) is 0 Å². The van der Waals surface area contributed by atoms with Crippen LogP contribution in [-0.2, 0) is 24.1 Å². The Kier molecular flexibility index (Phi) is 12.5. The third kappa shape index (κ3) is 10.6. The molecule has 8 nitrogen and oxygen atoms in total. The Bertz CT molecular complexity index is 1620. The average molecular weight is 678 g/mol. The Balaban J connectivity index is 1.64. The molecule has 1 saturated heterocycles. The van der Waals surface area contributed by atoms with E-state index in [1.165, 1.54) is 11.0 Å². The van der Waals surface area contributed by atoms with E-state index >= 15 is 0 Å². The monoisotopic (exact) mass is 677 g/mol. The van der Waals surface area contributed by atoms with E-state index in [1.807, 2.05) is 43.0 Å². The molecule has 10 heteroatoms. The van der Waals surface area contributed by atoms with Crippen molar-refractivity contribution in [3.63, 3.8) is 0 Å². The van der Waals surface area contributed by atoms with Gasteiger partial charge in [0.1, 0.15) is 17.2 Å². The van der Waals surface area contributed by atoms with Gasteiger partial charge < -0.3 is 25.0 Å². The van der Waals surface area contributed by atoms with E-state index in [1.54, 1.807) is 39.8 Å². The van der Waals surface area contributed by atoms with Crippen LogP contribution in [0.25, 0.3) is 0 Å². The number of hydrogen-bond donors (Lipinski definition) is 2. The summed E-state index contributed by atoms with van der Waals surface area (Å²) in [6, 6.07) is 14.7. The minimum atomic E-state index is -1.38. The van der Waals surface area contributed by atoms with Crippen molar-refractivity contribution in [2.24, 2.45) is 0 Å². The van der Waals surface area contributed by atoms with Gasteiger partial charge in [0.25, 0.3) is 11.8 Å². The lowest BCUT2D eigenvalue weighted by molar-refractivity contribution is 0.00837. The zero-order valence-corrected chi connectivity index (χ0v) is 29.4. The maximum atomic E-state index is 14.2. The number of carbonyl (C=O) groups excluding carboxylic acids is 3. The van der Waals surface area contributed by atoms with Gasteiger partial charge in [0.2, 0.25) is 0 Å². The molecule has 264 valence electrons. The number of rotatable bonds is 12. The van der Waals surface area contributed by atoms with E-state index in [9.17, 15) is 28.3 Å². The van der Waals surface area contributed by atoms with Gasteiger partial charge in [0, 0.05) is 36.3 Å². The fourth-order valence-electron chi connectivity index (χ4n) is 6.30. The van der Waals surface area contributed by atoms with Gasteiger partial charge in [0.05, 0.1) is 18.7 Å². The highest BCUT2D eigenvalue weighted by atomic mass is 19.1. The molecule has 1 aliphatic heterocycles. The molecule has 4 rings (SSSR count). The van der Waals surface area contributed by atoms with Crippen molar-refractivity contribution >= 4 is 17.9 Å². The summed E-state index contributed by atoms with van der Waals surface area (Å²) in [5, 5.41) is 14.5. The molecule has 1 aliphatic rings. The first-order chi connectivity index (χ1) is 23.1. The smallest absolute Gasteiger partial charge is 0.410 e. The molecule has 1 heterocycles. The van der Waals surface area contributed by atoms with Crippen LogP contribution in [0.15, 0.2) is 60.7 Å². The summed E-state index contributed by atoms with van der Waals surface area (Å²) in [4.78, 5) is 43.9. The molecule has 49 heavy (non-hydrogen) atoms. The van der Waals surface area contributed by atoms with E-state index in [0.29, 0.717) is 17.7 Å². The molecular weight excluding hydrogens is 628 g/mol. The predicted molar refractivity (Wildman–Crippen MR) is 185 cm³/mol. The molecule has 0 saturated carbocycles. The standard InChI is InChI=1S/C39H49F2N3O5/c1-7-26-11-9-12-27(17-26)23-43(38(48)49-39(4,5)6)24-35(45)34(20-28-18-31(40)22-32(41)19-28)42-36(46)29-15-25(3)16-30(21-29)37(47)44-14-10-13-33(44)8-2/h9,11-12,15-19,21-22,33-35,45H,7-8,10,13-14,20,23-24H2,1-6H3,(H,42,46)/t33-,34-,35+/m0/s1. The maximum absolute atomic E-state index is 14.2. The first kappa shape index (κ1) is 37.5. The van der Waals surface area contributed by atoms with E-state index < -0.39 is 41.4 Å². The topological polar surface area (TPSA) is 99.2 Å². The number of likely N-dealkylation sites (tertiary alicyclic amines) is 1. The molecule has 0 bridgehead atoms. The number of aryl methyl sites for hydroxylation is 2. The van der Waals surface area contributed by atoms with Gasteiger partial charge in [-0.2, -0.15) is 0 Å². The van der Waals surface area contributed by atoms with Crippen molar-refractivity contribution < 1.29 is 33.0 Å². The number of amides is 3. The van der Waals surface area contributed by atoms with Crippen LogP contribution in [0.3, 0.4) is 0 Å². The van der Waals surface area contributed by atoms with Crippen molar-refractivity contribution in [1.82, 2.24) is 15.1 Å². The Morgan fingerprint density at radius 3 is 2.31 bits per heavy atom. The fraction of sp³-hybridized carbons (Fsp3) is 0.462. The molecule has 0 radical (unpaired) electrons. The number of aliphatic hydroxyl groups is 1. The van der Waals surface area contributed by atoms with Gasteiger partial charge in [-0.05, 0) is 112 Å². The summed E-state index contributed by atoms with van der Waals surface area (Å²) in [6.07, 6.45) is 1.32. The van der Waals surface area contributed by atoms with Crippen LogP contribution >= 0.6 is 0 Å². The summed E-state index contributed by atoms with van der Waals surface area (Å²) < 4.78 is 34.1. The second-order valence-corrected chi connectivity index (χ2v) is 14.0. The summed E-state index contributed by atoms with van der Waals surface area (Å²) in [6.45, 7) is 11.6. The van der Waals surface area contributed by atoms with Crippen molar-refractivity contribution in [3.05, 3.63) is 106 Å².